The van der Waals surface area contributed by atoms with Crippen LogP contribution in [0.15, 0.2) is 35.1 Å². The van der Waals surface area contributed by atoms with Gasteiger partial charge < -0.3 is 15.2 Å². The lowest BCUT2D eigenvalue weighted by molar-refractivity contribution is 0.602. The van der Waals surface area contributed by atoms with Crippen molar-refractivity contribution in [1.82, 2.24) is 9.88 Å². The highest BCUT2D eigenvalue weighted by atomic mass is 16.1. The van der Waals surface area contributed by atoms with Gasteiger partial charge >= 0.3 is 0 Å². The molecule has 102 valence electrons. The number of pyridine rings is 1. The molecule has 1 aromatic heterocycles. The molecule has 0 fully saturated rings. The fourth-order valence-corrected chi connectivity index (χ4v) is 2.11. The number of rotatable bonds is 5. The maximum absolute atomic E-state index is 11.9. The third-order valence-corrected chi connectivity index (χ3v) is 3.15. The van der Waals surface area contributed by atoms with Crippen LogP contribution < -0.4 is 16.2 Å². The number of aromatic nitrogens is 1. The summed E-state index contributed by atoms with van der Waals surface area (Å²) >= 11 is 0. The molecular weight excluding hydrogens is 238 g/mol. The molecule has 1 aromatic carbocycles. The van der Waals surface area contributed by atoms with E-state index in [4.69, 9.17) is 0 Å². The van der Waals surface area contributed by atoms with E-state index < -0.39 is 0 Å². The Morgan fingerprint density at radius 3 is 2.68 bits per heavy atom. The molecule has 0 unspecified atom stereocenters. The number of hydrogen-bond donors (Lipinski definition) is 2. The van der Waals surface area contributed by atoms with Crippen molar-refractivity contribution in [3.63, 3.8) is 0 Å². The van der Waals surface area contributed by atoms with Gasteiger partial charge in [0.2, 0.25) is 0 Å². The summed E-state index contributed by atoms with van der Waals surface area (Å²) in [5.74, 6) is 0. The predicted octanol–water partition coefficient (Wildman–Crippen LogP) is 1.95. The van der Waals surface area contributed by atoms with E-state index in [1.165, 1.54) is 0 Å². The van der Waals surface area contributed by atoms with Gasteiger partial charge in [0, 0.05) is 43.3 Å². The van der Waals surface area contributed by atoms with E-state index in [-0.39, 0.29) is 5.56 Å². The van der Waals surface area contributed by atoms with E-state index in [0.29, 0.717) is 6.04 Å². The number of benzene rings is 1. The molecule has 1 heterocycles. The fraction of sp³-hybridized carbons (Fsp3) is 0.400. The van der Waals surface area contributed by atoms with Gasteiger partial charge in [-0.2, -0.15) is 0 Å². The molecule has 19 heavy (non-hydrogen) atoms. The van der Waals surface area contributed by atoms with Crippen molar-refractivity contribution in [2.75, 3.05) is 18.4 Å². The third-order valence-electron chi connectivity index (χ3n) is 3.15. The van der Waals surface area contributed by atoms with Crippen LogP contribution in [0, 0.1) is 0 Å². The third kappa shape index (κ3) is 3.15. The monoisotopic (exact) mass is 259 g/mol. The van der Waals surface area contributed by atoms with Crippen LogP contribution >= 0.6 is 0 Å². The van der Waals surface area contributed by atoms with Gasteiger partial charge in [0.15, 0.2) is 0 Å². The number of nitrogens with one attached hydrogen (secondary N) is 2. The van der Waals surface area contributed by atoms with E-state index in [1.54, 1.807) is 17.7 Å². The molecule has 2 rings (SSSR count). The van der Waals surface area contributed by atoms with Crippen LogP contribution in [-0.2, 0) is 7.05 Å². The van der Waals surface area contributed by atoms with Crippen LogP contribution in [0.1, 0.15) is 13.8 Å². The van der Waals surface area contributed by atoms with Gasteiger partial charge in [-0.05, 0) is 6.07 Å². The molecule has 0 saturated heterocycles. The number of aryl methyl sites for hydroxylation is 1. The highest BCUT2D eigenvalue weighted by molar-refractivity contribution is 5.91. The van der Waals surface area contributed by atoms with E-state index in [9.17, 15) is 4.79 Å². The normalized spacial score (nSPS) is 11.2. The summed E-state index contributed by atoms with van der Waals surface area (Å²) < 4.78 is 1.67. The molecule has 0 bridgehead atoms. The Labute approximate surface area is 113 Å². The highest BCUT2D eigenvalue weighted by Gasteiger charge is 2.05. The summed E-state index contributed by atoms with van der Waals surface area (Å²) in [7, 11) is 1.80. The van der Waals surface area contributed by atoms with Gasteiger partial charge in [-0.25, -0.2) is 0 Å². The van der Waals surface area contributed by atoms with Gasteiger partial charge in [-0.3, -0.25) is 4.79 Å². The van der Waals surface area contributed by atoms with Gasteiger partial charge in [-0.15, -0.1) is 0 Å². The summed E-state index contributed by atoms with van der Waals surface area (Å²) in [5, 5.41) is 7.76. The van der Waals surface area contributed by atoms with Crippen molar-refractivity contribution < 1.29 is 0 Å². The number of para-hydroxylation sites is 1. The summed E-state index contributed by atoms with van der Waals surface area (Å²) in [6.45, 7) is 5.91. The molecule has 0 aliphatic heterocycles. The molecule has 2 N–H and O–H groups in total. The Bertz CT molecular complexity index is 616. The SMILES string of the molecule is CC(C)NCCNc1cc(=O)n(C)c2ccccc12. The molecule has 0 aliphatic rings. The van der Waals surface area contributed by atoms with Crippen molar-refractivity contribution in [3.05, 3.63) is 40.7 Å². The van der Waals surface area contributed by atoms with Crippen LogP contribution in [0.5, 0.6) is 0 Å². The van der Waals surface area contributed by atoms with Crippen LogP contribution in [0.2, 0.25) is 0 Å². The second-order valence-electron chi connectivity index (χ2n) is 5.01. The second-order valence-corrected chi connectivity index (χ2v) is 5.01. The summed E-state index contributed by atoms with van der Waals surface area (Å²) in [5.41, 5.74) is 1.87. The van der Waals surface area contributed by atoms with Crippen molar-refractivity contribution in [1.29, 1.82) is 0 Å². The minimum absolute atomic E-state index is 0.0121. The van der Waals surface area contributed by atoms with E-state index in [1.807, 2.05) is 24.3 Å². The first-order valence-corrected chi connectivity index (χ1v) is 6.65. The molecule has 2 aromatic rings. The zero-order chi connectivity index (χ0) is 13.8. The van der Waals surface area contributed by atoms with E-state index in [0.717, 1.165) is 29.7 Å². The standard InChI is InChI=1S/C15H21N3O/c1-11(2)16-8-9-17-13-10-15(19)18(3)14-7-5-4-6-12(13)14/h4-7,10-11,16-17H,8-9H2,1-3H3. The van der Waals surface area contributed by atoms with Crippen molar-refractivity contribution in [3.8, 4) is 0 Å². The van der Waals surface area contributed by atoms with Crippen LogP contribution in [0.25, 0.3) is 10.9 Å². The van der Waals surface area contributed by atoms with E-state index >= 15 is 0 Å². The minimum atomic E-state index is 0.0121. The average molecular weight is 259 g/mol. The van der Waals surface area contributed by atoms with Crippen molar-refractivity contribution in [2.24, 2.45) is 7.05 Å². The molecule has 4 nitrogen and oxygen atoms in total. The molecule has 0 spiro atoms. The quantitative estimate of drug-likeness (QED) is 0.807. The number of hydrogen-bond acceptors (Lipinski definition) is 3. The molecule has 0 aliphatic carbocycles. The molecule has 0 atom stereocenters. The second kappa shape index (κ2) is 5.89. The summed E-state index contributed by atoms with van der Waals surface area (Å²) in [4.78, 5) is 11.9. The van der Waals surface area contributed by atoms with Crippen LogP contribution in [0.3, 0.4) is 0 Å². The summed E-state index contributed by atoms with van der Waals surface area (Å²) in [6.07, 6.45) is 0. The first kappa shape index (κ1) is 13.6. The fourth-order valence-electron chi connectivity index (χ4n) is 2.11. The maximum atomic E-state index is 11.9. The summed E-state index contributed by atoms with van der Waals surface area (Å²) in [6, 6.07) is 10.1. The largest absolute Gasteiger partial charge is 0.383 e. The number of nitrogens with zero attached hydrogens (tertiary/aromatic N) is 1. The van der Waals surface area contributed by atoms with Gasteiger partial charge in [0.1, 0.15) is 0 Å². The Morgan fingerprint density at radius 2 is 1.95 bits per heavy atom. The Morgan fingerprint density at radius 1 is 1.21 bits per heavy atom. The molecule has 0 saturated carbocycles. The number of anilines is 1. The van der Waals surface area contributed by atoms with Crippen molar-refractivity contribution in [2.45, 2.75) is 19.9 Å². The highest BCUT2D eigenvalue weighted by Crippen LogP contribution is 2.20. The number of fused-ring (bicyclic) bond motifs is 1. The van der Waals surface area contributed by atoms with Crippen LogP contribution in [0.4, 0.5) is 5.69 Å². The van der Waals surface area contributed by atoms with Crippen molar-refractivity contribution >= 4 is 16.6 Å². The molecular formula is C15H21N3O. The van der Waals surface area contributed by atoms with Gasteiger partial charge in [-0.1, -0.05) is 32.0 Å². The Kier molecular flexibility index (Phi) is 4.22. The van der Waals surface area contributed by atoms with Gasteiger partial charge in [0.05, 0.1) is 5.52 Å². The molecule has 4 heteroatoms. The Hall–Kier alpha value is -1.81. The predicted molar refractivity (Wildman–Crippen MR) is 80.8 cm³/mol. The van der Waals surface area contributed by atoms with Gasteiger partial charge in [0.25, 0.3) is 5.56 Å². The first-order chi connectivity index (χ1) is 9.09. The lowest BCUT2D eigenvalue weighted by atomic mass is 10.2. The lowest BCUT2D eigenvalue weighted by Gasteiger charge is -2.13. The smallest absolute Gasteiger partial charge is 0.252 e. The zero-order valence-corrected chi connectivity index (χ0v) is 11.7. The average Bonchev–Trinajstić information content (AvgIpc) is 2.40. The molecule has 0 radical (unpaired) electrons. The van der Waals surface area contributed by atoms with Crippen LogP contribution in [-0.4, -0.2) is 23.7 Å². The van der Waals surface area contributed by atoms with E-state index in [2.05, 4.69) is 24.5 Å². The minimum Gasteiger partial charge on any atom is -0.383 e. The topological polar surface area (TPSA) is 46.1 Å². The first-order valence-electron chi connectivity index (χ1n) is 6.65. The Balaban J connectivity index is 2.23. The molecule has 0 amide bonds. The maximum Gasteiger partial charge on any atom is 0.252 e. The zero-order valence-electron chi connectivity index (χ0n) is 11.7. The lowest BCUT2D eigenvalue weighted by Crippen LogP contribution is -2.28.